The topological polar surface area (TPSA) is 95.4 Å². The summed E-state index contributed by atoms with van der Waals surface area (Å²) in [6, 6.07) is 20.5. The molecule has 2 N–H and O–H groups in total. The highest BCUT2D eigenvalue weighted by atomic mass is 35.5. The summed E-state index contributed by atoms with van der Waals surface area (Å²) in [5.41, 5.74) is 2.99. The molecule has 6 rings (SSSR count). The number of piperidine rings is 1. The van der Waals surface area contributed by atoms with Crippen LogP contribution >= 0.6 is 11.6 Å². The molecule has 0 radical (unpaired) electrons. The molecule has 2 aromatic carbocycles. The van der Waals surface area contributed by atoms with Crippen molar-refractivity contribution in [3.63, 3.8) is 0 Å². The lowest BCUT2D eigenvalue weighted by molar-refractivity contribution is 0.0676. The predicted molar refractivity (Wildman–Crippen MR) is 139 cm³/mol. The predicted octanol–water partition coefficient (Wildman–Crippen LogP) is 4.59. The summed E-state index contributed by atoms with van der Waals surface area (Å²) in [6.45, 7) is 1.14. The van der Waals surface area contributed by atoms with Crippen LogP contribution in [-0.4, -0.2) is 55.2 Å². The lowest BCUT2D eigenvalue weighted by atomic mass is 10.0. The van der Waals surface area contributed by atoms with Crippen LogP contribution in [0.2, 0.25) is 5.02 Å². The molecule has 0 saturated carbocycles. The van der Waals surface area contributed by atoms with Crippen molar-refractivity contribution in [2.24, 2.45) is 0 Å². The first kappa shape index (κ1) is 23.6. The van der Waals surface area contributed by atoms with Gasteiger partial charge in [0.15, 0.2) is 5.82 Å². The molecule has 3 aromatic heterocycles. The Kier molecular flexibility index (Phi) is 6.95. The zero-order valence-corrected chi connectivity index (χ0v) is 20.2. The van der Waals surface area contributed by atoms with E-state index in [0.717, 1.165) is 34.4 Å². The molecule has 1 atom stereocenters. The molecule has 0 bridgehead atoms. The Morgan fingerprint density at radius 1 is 1.03 bits per heavy atom. The smallest absolute Gasteiger partial charge is 0.287 e. The molecule has 8 nitrogen and oxygen atoms in total. The van der Waals surface area contributed by atoms with E-state index in [1.54, 1.807) is 17.4 Å². The Balaban J connectivity index is 0.000000330. The Morgan fingerprint density at radius 3 is 2.61 bits per heavy atom. The fraction of sp³-hybridized carbons (Fsp3) is 0.185. The van der Waals surface area contributed by atoms with E-state index in [2.05, 4.69) is 20.3 Å². The van der Waals surface area contributed by atoms with E-state index in [0.29, 0.717) is 24.5 Å². The van der Waals surface area contributed by atoms with Gasteiger partial charge in [0.1, 0.15) is 0 Å². The fourth-order valence-electron chi connectivity index (χ4n) is 4.31. The first-order valence-corrected chi connectivity index (χ1v) is 12.1. The van der Waals surface area contributed by atoms with Gasteiger partial charge >= 0.3 is 0 Å². The van der Waals surface area contributed by atoms with Crippen LogP contribution in [0.3, 0.4) is 0 Å². The van der Waals surface area contributed by atoms with Crippen molar-refractivity contribution in [1.29, 1.82) is 0 Å². The number of halogens is 1. The molecular weight excluding hydrogens is 476 g/mol. The second-order valence-electron chi connectivity index (χ2n) is 8.57. The summed E-state index contributed by atoms with van der Waals surface area (Å²) in [5, 5.41) is 3.81. The van der Waals surface area contributed by atoms with Crippen LogP contribution in [0.1, 0.15) is 33.8 Å². The van der Waals surface area contributed by atoms with Gasteiger partial charge in [-0.2, -0.15) is 0 Å². The molecule has 5 aromatic rings. The maximum Gasteiger partial charge on any atom is 0.287 e. The van der Waals surface area contributed by atoms with Crippen molar-refractivity contribution in [2.45, 2.75) is 18.9 Å². The van der Waals surface area contributed by atoms with E-state index in [4.69, 9.17) is 11.6 Å². The summed E-state index contributed by atoms with van der Waals surface area (Å²) >= 11 is 5.54. The van der Waals surface area contributed by atoms with Gasteiger partial charge in [-0.25, -0.2) is 9.97 Å². The van der Waals surface area contributed by atoms with Gasteiger partial charge in [-0.3, -0.25) is 9.59 Å². The summed E-state index contributed by atoms with van der Waals surface area (Å²) in [5.74, 6) is -0.00384. The largest absolute Gasteiger partial charge is 0.345 e. The highest BCUT2D eigenvalue weighted by Gasteiger charge is 2.27. The van der Waals surface area contributed by atoms with E-state index in [1.165, 1.54) is 0 Å². The molecule has 9 heteroatoms. The molecule has 0 aliphatic carbocycles. The number of likely N-dealkylation sites (tertiary alicyclic amines) is 1. The number of hydrogen-bond acceptors (Lipinski definition) is 4. The number of benzene rings is 2. The fourth-order valence-corrected chi connectivity index (χ4v) is 4.45. The van der Waals surface area contributed by atoms with E-state index >= 15 is 0 Å². The van der Waals surface area contributed by atoms with Crippen LogP contribution < -0.4 is 5.32 Å². The highest BCUT2D eigenvalue weighted by molar-refractivity contribution is 6.30. The van der Waals surface area contributed by atoms with Crippen molar-refractivity contribution < 1.29 is 9.59 Å². The van der Waals surface area contributed by atoms with Crippen molar-refractivity contribution in [2.75, 3.05) is 13.1 Å². The molecule has 2 amide bonds. The zero-order chi connectivity index (χ0) is 24.9. The number of hydrogen-bond donors (Lipinski definition) is 2. The molecule has 1 aliphatic heterocycles. The van der Waals surface area contributed by atoms with Crippen LogP contribution in [0.4, 0.5) is 0 Å². The number of nitrogens with one attached hydrogen (secondary N) is 2. The van der Waals surface area contributed by atoms with Crippen LogP contribution in [0.25, 0.3) is 16.6 Å². The van der Waals surface area contributed by atoms with Crippen molar-refractivity contribution in [1.82, 2.24) is 29.6 Å². The molecule has 1 saturated heterocycles. The summed E-state index contributed by atoms with van der Waals surface area (Å²) in [7, 11) is 0. The molecule has 1 fully saturated rings. The normalized spacial score (nSPS) is 15.4. The van der Waals surface area contributed by atoms with Crippen molar-refractivity contribution in [3.05, 3.63) is 102 Å². The SMILES string of the molecule is Clc1ccccc1.O=C(NC1CCCN(C(=O)c2cccn3cncc23)C1)c1nc2ccccc2[nH]1. The van der Waals surface area contributed by atoms with Gasteiger partial charge in [0, 0.05) is 30.4 Å². The number of pyridine rings is 1. The highest BCUT2D eigenvalue weighted by Crippen LogP contribution is 2.18. The Labute approximate surface area is 212 Å². The Bertz CT molecular complexity index is 1460. The number of rotatable bonds is 3. The van der Waals surface area contributed by atoms with Crippen LogP contribution in [0, 0.1) is 0 Å². The lowest BCUT2D eigenvalue weighted by Crippen LogP contribution is -2.49. The molecule has 1 aliphatic rings. The summed E-state index contributed by atoms with van der Waals surface area (Å²) in [6.07, 6.45) is 6.90. The molecule has 182 valence electrons. The van der Waals surface area contributed by atoms with Gasteiger partial charge in [-0.05, 0) is 49.2 Å². The molecule has 4 heterocycles. The number of nitrogens with zero attached hydrogens (tertiary/aromatic N) is 4. The van der Waals surface area contributed by atoms with Gasteiger partial charge in [0.2, 0.25) is 0 Å². The third-order valence-corrected chi connectivity index (χ3v) is 6.32. The second-order valence-corrected chi connectivity index (χ2v) is 9.01. The number of imidazole rings is 2. The minimum Gasteiger partial charge on any atom is -0.345 e. The molecular formula is C27H25ClN6O2. The molecule has 36 heavy (non-hydrogen) atoms. The van der Waals surface area contributed by atoms with Gasteiger partial charge in [-0.15, -0.1) is 0 Å². The third kappa shape index (κ3) is 5.23. The average Bonchev–Trinajstić information content (AvgIpc) is 3.56. The van der Waals surface area contributed by atoms with Crippen molar-refractivity contribution >= 4 is 40.0 Å². The van der Waals surface area contributed by atoms with E-state index in [9.17, 15) is 9.59 Å². The third-order valence-electron chi connectivity index (χ3n) is 6.06. The van der Waals surface area contributed by atoms with E-state index in [1.807, 2.05) is 77.3 Å². The van der Waals surface area contributed by atoms with Gasteiger partial charge < -0.3 is 19.6 Å². The average molecular weight is 501 g/mol. The standard InChI is InChI=1S/C21H20N6O2.C6H5Cl/c28-20(19-24-16-7-1-2-8-17(16)25-19)23-14-5-3-9-26(12-14)21(29)15-6-4-10-27-13-22-11-18(15)27;7-6-4-2-1-3-5-6/h1-2,4,6-8,10-11,13-14H,3,5,9,12H2,(H,23,28)(H,24,25);1-5H. The van der Waals surface area contributed by atoms with Crippen LogP contribution in [0.5, 0.6) is 0 Å². The monoisotopic (exact) mass is 500 g/mol. The zero-order valence-electron chi connectivity index (χ0n) is 19.5. The number of aromatic amines is 1. The number of para-hydroxylation sites is 2. The summed E-state index contributed by atoms with van der Waals surface area (Å²) in [4.78, 5) is 39.1. The van der Waals surface area contributed by atoms with Gasteiger partial charge in [0.05, 0.1) is 34.6 Å². The lowest BCUT2D eigenvalue weighted by Gasteiger charge is -2.33. The number of carbonyl (C=O) groups excluding carboxylic acids is 2. The Hall–Kier alpha value is -4.17. The number of fused-ring (bicyclic) bond motifs is 2. The first-order valence-electron chi connectivity index (χ1n) is 11.7. The van der Waals surface area contributed by atoms with Crippen LogP contribution in [-0.2, 0) is 0 Å². The minimum absolute atomic E-state index is 0.0428. The number of amides is 2. The first-order chi connectivity index (χ1) is 17.6. The van der Waals surface area contributed by atoms with Crippen LogP contribution in [0.15, 0.2) is 85.5 Å². The Morgan fingerprint density at radius 2 is 1.83 bits per heavy atom. The maximum absolute atomic E-state index is 13.1. The number of H-pyrrole nitrogens is 1. The number of aromatic nitrogens is 4. The maximum atomic E-state index is 13.1. The van der Waals surface area contributed by atoms with Crippen molar-refractivity contribution in [3.8, 4) is 0 Å². The molecule has 1 unspecified atom stereocenters. The second kappa shape index (κ2) is 10.6. The van der Waals surface area contributed by atoms with Gasteiger partial charge in [-0.1, -0.05) is 41.9 Å². The number of carbonyl (C=O) groups is 2. The van der Waals surface area contributed by atoms with Gasteiger partial charge in [0.25, 0.3) is 11.8 Å². The van der Waals surface area contributed by atoms with E-state index < -0.39 is 0 Å². The quantitative estimate of drug-likeness (QED) is 0.379. The van der Waals surface area contributed by atoms with E-state index in [-0.39, 0.29) is 17.9 Å². The minimum atomic E-state index is -0.251. The molecule has 0 spiro atoms. The summed E-state index contributed by atoms with van der Waals surface area (Å²) < 4.78 is 1.83.